The summed E-state index contributed by atoms with van der Waals surface area (Å²) in [6.45, 7) is -0.190. The zero-order valence-electron chi connectivity index (χ0n) is 19.5. The van der Waals surface area contributed by atoms with Crippen LogP contribution >= 0.6 is 15.9 Å². The van der Waals surface area contributed by atoms with Gasteiger partial charge < -0.3 is 10.1 Å². The van der Waals surface area contributed by atoms with E-state index in [4.69, 9.17) is 9.72 Å². The van der Waals surface area contributed by atoms with Crippen LogP contribution in [0.15, 0.2) is 117 Å². The molecule has 0 fully saturated rings. The fourth-order valence-corrected chi connectivity index (χ4v) is 4.12. The van der Waals surface area contributed by atoms with E-state index in [0.29, 0.717) is 33.7 Å². The maximum Gasteiger partial charge on any atom is 0.282 e. The number of hydrogen-bond donors (Lipinski definition) is 1. The average molecular weight is 553 g/mol. The fraction of sp³-hybridized carbons (Fsp3) is 0.0345. The van der Waals surface area contributed by atoms with Crippen molar-refractivity contribution in [3.05, 3.63) is 124 Å². The molecule has 0 aliphatic rings. The lowest BCUT2D eigenvalue weighted by atomic mass is 10.2. The summed E-state index contributed by atoms with van der Waals surface area (Å²) in [5, 5.41) is 7.77. The highest BCUT2D eigenvalue weighted by Crippen LogP contribution is 2.23. The number of fused-ring (bicyclic) bond motifs is 1. The zero-order chi connectivity index (χ0) is 25.6. The summed E-state index contributed by atoms with van der Waals surface area (Å²) in [5.41, 5.74) is 2.33. The summed E-state index contributed by atoms with van der Waals surface area (Å²) >= 11 is 3.47. The van der Waals surface area contributed by atoms with E-state index in [-0.39, 0.29) is 18.1 Å². The van der Waals surface area contributed by atoms with E-state index in [2.05, 4.69) is 26.3 Å². The normalized spacial score (nSPS) is 11.1. The summed E-state index contributed by atoms with van der Waals surface area (Å²) in [7, 11) is 0. The first-order chi connectivity index (χ1) is 18.1. The van der Waals surface area contributed by atoms with Gasteiger partial charge in [0.25, 0.3) is 11.5 Å². The van der Waals surface area contributed by atoms with E-state index >= 15 is 0 Å². The van der Waals surface area contributed by atoms with Gasteiger partial charge >= 0.3 is 0 Å². The number of anilines is 1. The molecule has 1 heterocycles. The van der Waals surface area contributed by atoms with E-state index in [1.165, 1.54) is 10.9 Å². The van der Waals surface area contributed by atoms with E-state index in [0.717, 1.165) is 10.0 Å². The Labute approximate surface area is 221 Å². The number of nitrogens with zero attached hydrogens (tertiary/aromatic N) is 3. The quantitative estimate of drug-likeness (QED) is 0.261. The molecular formula is C29H21BrN4O3. The summed E-state index contributed by atoms with van der Waals surface area (Å²) in [6.07, 6.45) is 1.53. The van der Waals surface area contributed by atoms with Gasteiger partial charge in [-0.15, -0.1) is 0 Å². The number of carbonyl (C=O) groups excluding carboxylic acids is 1. The molecule has 182 valence electrons. The molecule has 0 spiro atoms. The number of amides is 1. The number of benzene rings is 4. The Balaban J connectivity index is 1.48. The summed E-state index contributed by atoms with van der Waals surface area (Å²) in [5.74, 6) is 0.566. The molecule has 0 atom stereocenters. The van der Waals surface area contributed by atoms with E-state index < -0.39 is 0 Å². The molecule has 1 amide bonds. The third kappa shape index (κ3) is 5.65. The SMILES string of the molecule is O=C(COc1ccc(Br)cc1C=Nn1c(-c2ccccc2)nc2ccccc2c1=O)Nc1ccccc1. The third-order valence-corrected chi connectivity index (χ3v) is 5.98. The van der Waals surface area contributed by atoms with Gasteiger partial charge in [0.15, 0.2) is 12.4 Å². The third-order valence-electron chi connectivity index (χ3n) is 5.49. The van der Waals surface area contributed by atoms with Gasteiger partial charge in [-0.25, -0.2) is 4.98 Å². The van der Waals surface area contributed by atoms with Crippen molar-refractivity contribution in [2.75, 3.05) is 11.9 Å². The molecule has 0 radical (unpaired) electrons. The van der Waals surface area contributed by atoms with Crippen LogP contribution in [0.25, 0.3) is 22.3 Å². The number of nitrogens with one attached hydrogen (secondary N) is 1. The molecule has 0 aliphatic heterocycles. The lowest BCUT2D eigenvalue weighted by molar-refractivity contribution is -0.118. The zero-order valence-corrected chi connectivity index (χ0v) is 21.1. The summed E-state index contributed by atoms with van der Waals surface area (Å²) in [6, 6.07) is 31.1. The molecule has 0 saturated heterocycles. The van der Waals surface area contributed by atoms with Crippen LogP contribution < -0.4 is 15.6 Å². The molecule has 0 bridgehead atoms. The van der Waals surface area contributed by atoms with Gasteiger partial charge in [0, 0.05) is 21.3 Å². The minimum absolute atomic E-state index is 0.190. The minimum atomic E-state index is -0.293. The number of ether oxygens (including phenoxy) is 1. The van der Waals surface area contributed by atoms with Gasteiger partial charge in [-0.05, 0) is 42.5 Å². The Morgan fingerprint density at radius 2 is 1.65 bits per heavy atom. The lowest BCUT2D eigenvalue weighted by Gasteiger charge is -2.11. The van der Waals surface area contributed by atoms with E-state index in [1.807, 2.05) is 54.6 Å². The smallest absolute Gasteiger partial charge is 0.282 e. The van der Waals surface area contributed by atoms with Crippen molar-refractivity contribution in [2.24, 2.45) is 5.10 Å². The van der Waals surface area contributed by atoms with Crippen LogP contribution in [0.1, 0.15) is 5.56 Å². The molecule has 7 nitrogen and oxygen atoms in total. The second-order valence-corrected chi connectivity index (χ2v) is 8.98. The molecule has 37 heavy (non-hydrogen) atoms. The highest BCUT2D eigenvalue weighted by Gasteiger charge is 2.13. The van der Waals surface area contributed by atoms with Crippen molar-refractivity contribution < 1.29 is 9.53 Å². The number of halogens is 1. The molecule has 8 heteroatoms. The predicted molar refractivity (Wildman–Crippen MR) is 149 cm³/mol. The monoisotopic (exact) mass is 552 g/mol. The predicted octanol–water partition coefficient (Wildman–Crippen LogP) is 5.73. The second-order valence-electron chi connectivity index (χ2n) is 8.07. The maximum absolute atomic E-state index is 13.4. The van der Waals surface area contributed by atoms with Gasteiger partial charge in [-0.3, -0.25) is 9.59 Å². The van der Waals surface area contributed by atoms with Crippen LogP contribution in [0.2, 0.25) is 0 Å². The Morgan fingerprint density at radius 3 is 2.43 bits per heavy atom. The molecular weight excluding hydrogens is 532 g/mol. The van der Waals surface area contributed by atoms with Gasteiger partial charge in [-0.1, -0.05) is 76.6 Å². The molecule has 0 saturated carbocycles. The molecule has 1 aromatic heterocycles. The van der Waals surface area contributed by atoms with Gasteiger partial charge in [-0.2, -0.15) is 9.78 Å². The maximum atomic E-state index is 13.4. The fourth-order valence-electron chi connectivity index (χ4n) is 3.74. The van der Waals surface area contributed by atoms with Crippen LogP contribution in [0.3, 0.4) is 0 Å². The van der Waals surface area contributed by atoms with Crippen LogP contribution in [0.4, 0.5) is 5.69 Å². The van der Waals surface area contributed by atoms with Crippen molar-refractivity contribution in [3.8, 4) is 17.1 Å². The van der Waals surface area contributed by atoms with Crippen LogP contribution in [0.5, 0.6) is 5.75 Å². The van der Waals surface area contributed by atoms with Crippen molar-refractivity contribution in [1.82, 2.24) is 9.66 Å². The minimum Gasteiger partial charge on any atom is -0.483 e. The van der Waals surface area contributed by atoms with Crippen LogP contribution in [-0.4, -0.2) is 28.4 Å². The molecule has 5 rings (SSSR count). The Kier molecular flexibility index (Phi) is 7.19. The highest BCUT2D eigenvalue weighted by atomic mass is 79.9. The first-order valence-electron chi connectivity index (χ1n) is 11.5. The molecule has 1 N–H and O–H groups in total. The largest absolute Gasteiger partial charge is 0.483 e. The number of carbonyl (C=O) groups is 1. The molecule has 0 aliphatic carbocycles. The number of hydrogen-bond acceptors (Lipinski definition) is 5. The average Bonchev–Trinajstić information content (AvgIpc) is 2.93. The van der Waals surface area contributed by atoms with Crippen LogP contribution in [0, 0.1) is 0 Å². The topological polar surface area (TPSA) is 85.6 Å². The van der Waals surface area contributed by atoms with Crippen molar-refractivity contribution >= 4 is 44.6 Å². The van der Waals surface area contributed by atoms with Gasteiger partial charge in [0.05, 0.1) is 17.1 Å². The summed E-state index contributed by atoms with van der Waals surface area (Å²) < 4.78 is 7.88. The van der Waals surface area contributed by atoms with Crippen molar-refractivity contribution in [3.63, 3.8) is 0 Å². The molecule has 5 aromatic rings. The highest BCUT2D eigenvalue weighted by molar-refractivity contribution is 9.10. The van der Waals surface area contributed by atoms with Gasteiger partial charge in [0.2, 0.25) is 0 Å². The number of para-hydroxylation sites is 2. The Morgan fingerprint density at radius 1 is 0.946 bits per heavy atom. The second kappa shape index (κ2) is 11.0. The number of aromatic nitrogens is 2. The Bertz CT molecular complexity index is 1650. The standard InChI is InChI=1S/C29H21BrN4O3/c30-22-15-16-26(37-19-27(35)32-23-11-5-2-6-12-23)21(17-22)18-31-34-28(20-9-3-1-4-10-20)33-25-14-8-7-13-24(25)29(34)36/h1-18H,19H2,(H,32,35). The number of rotatable bonds is 7. The summed E-state index contributed by atoms with van der Waals surface area (Å²) in [4.78, 5) is 30.5. The van der Waals surface area contributed by atoms with Crippen molar-refractivity contribution in [2.45, 2.75) is 0 Å². The first-order valence-corrected chi connectivity index (χ1v) is 12.3. The van der Waals surface area contributed by atoms with Crippen molar-refractivity contribution in [1.29, 1.82) is 0 Å². The lowest BCUT2D eigenvalue weighted by Crippen LogP contribution is -2.21. The Hall–Kier alpha value is -4.56. The molecule has 4 aromatic carbocycles. The van der Waals surface area contributed by atoms with Crippen LogP contribution in [-0.2, 0) is 4.79 Å². The first kappa shape index (κ1) is 24.1. The van der Waals surface area contributed by atoms with E-state index in [9.17, 15) is 9.59 Å². The molecule has 0 unspecified atom stereocenters. The van der Waals surface area contributed by atoms with E-state index in [1.54, 1.807) is 48.5 Å². The van der Waals surface area contributed by atoms with Gasteiger partial charge in [0.1, 0.15) is 5.75 Å².